The number of hydrogen-bond acceptors (Lipinski definition) is 7. The van der Waals surface area contributed by atoms with Gasteiger partial charge < -0.3 is 9.84 Å². The number of nitro groups is 1. The lowest BCUT2D eigenvalue weighted by atomic mass is 10.1. The van der Waals surface area contributed by atoms with Crippen molar-refractivity contribution in [3.05, 3.63) is 71.1 Å². The summed E-state index contributed by atoms with van der Waals surface area (Å²) < 4.78 is 7.34. The molecule has 10 nitrogen and oxygen atoms in total. The highest BCUT2D eigenvalue weighted by molar-refractivity contribution is 9.10. The molecule has 178 valence electrons. The smallest absolute Gasteiger partial charge is 0.344 e. The predicted octanol–water partition coefficient (Wildman–Crippen LogP) is 5.08. The van der Waals surface area contributed by atoms with Gasteiger partial charge in [-0.15, -0.1) is 0 Å². The molecule has 34 heavy (non-hydrogen) atoms. The van der Waals surface area contributed by atoms with Gasteiger partial charge in [0.2, 0.25) is 5.75 Å². The summed E-state index contributed by atoms with van der Waals surface area (Å²) in [5.41, 5.74) is 0.0215. The van der Waals surface area contributed by atoms with Gasteiger partial charge in [0.1, 0.15) is 5.82 Å². The highest BCUT2D eigenvalue weighted by Gasteiger charge is 2.24. The van der Waals surface area contributed by atoms with E-state index < -0.39 is 22.7 Å². The molecule has 12 heteroatoms. The number of nitro benzene ring substituents is 1. The average Bonchev–Trinajstić information content (AvgIpc) is 2.79. The Labute approximate surface area is 210 Å². The molecule has 0 bridgehead atoms. The SMILES string of the molecule is CC[C@H](C)c1nc2ccc(Br)cc2c(=O)n1N=Cc1cc(Br)c(O[C@H](C)C(=O)O)c([N+](=O)[O-])c1. The Balaban J connectivity index is 2.14. The van der Waals surface area contributed by atoms with Crippen LogP contribution in [0.5, 0.6) is 5.75 Å². The summed E-state index contributed by atoms with van der Waals surface area (Å²) in [6.45, 7) is 5.16. The van der Waals surface area contributed by atoms with Gasteiger partial charge in [-0.2, -0.15) is 9.78 Å². The number of nitrogens with zero attached hydrogens (tertiary/aromatic N) is 4. The van der Waals surface area contributed by atoms with Gasteiger partial charge in [0.25, 0.3) is 5.56 Å². The molecule has 0 saturated heterocycles. The van der Waals surface area contributed by atoms with Crippen LogP contribution in [0.15, 0.2) is 49.2 Å². The molecule has 0 aliphatic rings. The fraction of sp³-hybridized carbons (Fsp3) is 0.273. The Bertz CT molecular complexity index is 1370. The van der Waals surface area contributed by atoms with Crippen LogP contribution in [0.3, 0.4) is 0 Å². The third-order valence-electron chi connectivity index (χ3n) is 5.09. The fourth-order valence-corrected chi connectivity index (χ4v) is 3.98. The molecule has 0 unspecified atom stereocenters. The van der Waals surface area contributed by atoms with Crippen molar-refractivity contribution in [3.8, 4) is 5.75 Å². The van der Waals surface area contributed by atoms with Gasteiger partial charge >= 0.3 is 11.7 Å². The molecule has 0 spiro atoms. The van der Waals surface area contributed by atoms with Gasteiger partial charge in [0.05, 0.1) is 26.5 Å². The van der Waals surface area contributed by atoms with Gasteiger partial charge in [-0.25, -0.2) is 9.78 Å². The van der Waals surface area contributed by atoms with Crippen molar-refractivity contribution < 1.29 is 19.6 Å². The van der Waals surface area contributed by atoms with Crippen LogP contribution in [0.4, 0.5) is 5.69 Å². The molecule has 1 aromatic heterocycles. The number of fused-ring (bicyclic) bond motifs is 1. The predicted molar refractivity (Wildman–Crippen MR) is 134 cm³/mol. The van der Waals surface area contributed by atoms with Crippen molar-refractivity contribution in [2.45, 2.75) is 39.2 Å². The fourth-order valence-electron chi connectivity index (χ4n) is 3.06. The second-order valence-electron chi connectivity index (χ2n) is 7.51. The number of carboxylic acid groups (broad SMARTS) is 1. The maximum absolute atomic E-state index is 13.2. The Morgan fingerprint density at radius 2 is 2.03 bits per heavy atom. The first-order valence-corrected chi connectivity index (χ1v) is 11.8. The molecule has 3 aromatic rings. The summed E-state index contributed by atoms with van der Waals surface area (Å²) in [5.74, 6) is -1.10. The van der Waals surface area contributed by atoms with Crippen molar-refractivity contribution >= 4 is 60.6 Å². The van der Waals surface area contributed by atoms with Gasteiger partial charge in [0, 0.05) is 22.0 Å². The average molecular weight is 596 g/mol. The summed E-state index contributed by atoms with van der Waals surface area (Å²) >= 11 is 6.56. The van der Waals surface area contributed by atoms with E-state index in [0.29, 0.717) is 22.3 Å². The number of ether oxygens (including phenoxy) is 1. The Kier molecular flexibility index (Phi) is 7.82. The number of aromatic nitrogens is 2. The molecule has 0 saturated carbocycles. The largest absolute Gasteiger partial charge is 0.479 e. The lowest BCUT2D eigenvalue weighted by Gasteiger charge is -2.14. The van der Waals surface area contributed by atoms with E-state index in [9.17, 15) is 19.7 Å². The molecule has 3 rings (SSSR count). The number of carboxylic acids is 1. The van der Waals surface area contributed by atoms with Crippen LogP contribution in [0.25, 0.3) is 10.9 Å². The summed E-state index contributed by atoms with van der Waals surface area (Å²) in [7, 11) is 0. The zero-order valence-corrected chi connectivity index (χ0v) is 21.5. The van der Waals surface area contributed by atoms with E-state index in [4.69, 9.17) is 9.84 Å². The number of benzene rings is 2. The lowest BCUT2D eigenvalue weighted by Crippen LogP contribution is -2.24. The van der Waals surface area contributed by atoms with Crippen LogP contribution < -0.4 is 10.3 Å². The van der Waals surface area contributed by atoms with Crippen LogP contribution in [0.2, 0.25) is 0 Å². The molecule has 0 aliphatic heterocycles. The summed E-state index contributed by atoms with van der Waals surface area (Å²) in [6.07, 6.45) is 0.727. The first-order valence-electron chi connectivity index (χ1n) is 10.2. The van der Waals surface area contributed by atoms with E-state index in [1.165, 1.54) is 29.9 Å². The van der Waals surface area contributed by atoms with Crippen molar-refractivity contribution in [1.29, 1.82) is 0 Å². The Morgan fingerprint density at radius 1 is 1.32 bits per heavy atom. The van der Waals surface area contributed by atoms with Crippen LogP contribution in [0.1, 0.15) is 44.5 Å². The molecule has 1 heterocycles. The molecule has 2 aromatic carbocycles. The summed E-state index contributed by atoms with van der Waals surface area (Å²) in [4.78, 5) is 39.9. The number of carbonyl (C=O) groups is 1. The topological polar surface area (TPSA) is 137 Å². The van der Waals surface area contributed by atoms with Crippen molar-refractivity contribution in [3.63, 3.8) is 0 Å². The quantitative estimate of drug-likeness (QED) is 0.218. The monoisotopic (exact) mass is 594 g/mol. The molecule has 0 radical (unpaired) electrons. The van der Waals surface area contributed by atoms with Crippen LogP contribution >= 0.6 is 31.9 Å². The van der Waals surface area contributed by atoms with Crippen LogP contribution in [-0.2, 0) is 4.79 Å². The Hall–Kier alpha value is -3.12. The molecule has 0 amide bonds. The van der Waals surface area contributed by atoms with E-state index in [1.807, 2.05) is 13.8 Å². The minimum Gasteiger partial charge on any atom is -0.479 e. The second-order valence-corrected chi connectivity index (χ2v) is 9.28. The molecular formula is C22H20Br2N4O6. The van der Waals surface area contributed by atoms with Gasteiger partial charge in [0.15, 0.2) is 6.10 Å². The van der Waals surface area contributed by atoms with Crippen molar-refractivity contribution in [1.82, 2.24) is 9.66 Å². The minimum absolute atomic E-state index is 0.0766. The normalized spacial score (nSPS) is 13.2. The lowest BCUT2D eigenvalue weighted by molar-refractivity contribution is -0.386. The standard InChI is InChI=1S/C22H20Br2N4O6/c1-4-11(2)20-26-17-6-5-14(23)9-15(17)21(29)27(20)25-10-13-7-16(24)19(18(8-13)28(32)33)34-12(3)22(30)31/h5-12H,4H2,1-3H3,(H,30,31)/t11-,12+/m0/s1. The van der Waals surface area contributed by atoms with Gasteiger partial charge in [-0.1, -0.05) is 29.8 Å². The highest BCUT2D eigenvalue weighted by Crippen LogP contribution is 2.37. The molecule has 2 atom stereocenters. The Morgan fingerprint density at radius 3 is 2.65 bits per heavy atom. The second kappa shape index (κ2) is 10.4. The van der Waals surface area contributed by atoms with Gasteiger partial charge in [-0.3, -0.25) is 14.9 Å². The van der Waals surface area contributed by atoms with E-state index >= 15 is 0 Å². The van der Waals surface area contributed by atoms with E-state index in [2.05, 4.69) is 41.9 Å². The third kappa shape index (κ3) is 5.33. The number of halogens is 2. The number of rotatable bonds is 8. The summed E-state index contributed by atoms with van der Waals surface area (Å²) in [5, 5.41) is 25.4. The van der Waals surface area contributed by atoms with Crippen LogP contribution in [0, 0.1) is 10.1 Å². The van der Waals surface area contributed by atoms with Gasteiger partial charge in [-0.05, 0) is 53.5 Å². The maximum Gasteiger partial charge on any atom is 0.344 e. The molecule has 0 aliphatic carbocycles. The molecule has 1 N–H and O–H groups in total. The third-order valence-corrected chi connectivity index (χ3v) is 6.18. The molecular weight excluding hydrogens is 576 g/mol. The van der Waals surface area contributed by atoms with Crippen LogP contribution in [-0.4, -0.2) is 38.0 Å². The maximum atomic E-state index is 13.2. The first-order chi connectivity index (χ1) is 16.0. The van der Waals surface area contributed by atoms with E-state index in [-0.39, 0.29) is 21.7 Å². The zero-order valence-electron chi connectivity index (χ0n) is 18.4. The summed E-state index contributed by atoms with van der Waals surface area (Å²) in [6, 6.07) is 7.89. The zero-order chi connectivity index (χ0) is 25.2. The van der Waals surface area contributed by atoms with E-state index in [0.717, 1.165) is 10.9 Å². The highest BCUT2D eigenvalue weighted by atomic mass is 79.9. The molecule has 0 fully saturated rings. The first kappa shape index (κ1) is 25.5. The van der Waals surface area contributed by atoms with Crippen molar-refractivity contribution in [2.24, 2.45) is 5.10 Å². The minimum atomic E-state index is -1.30. The number of aliphatic carboxylic acids is 1. The van der Waals surface area contributed by atoms with E-state index in [1.54, 1.807) is 18.2 Å². The number of hydrogen-bond donors (Lipinski definition) is 1. The van der Waals surface area contributed by atoms with Crippen molar-refractivity contribution in [2.75, 3.05) is 0 Å².